The normalized spacial score (nSPS) is 8.88. The smallest absolute Gasteiger partial charge is 0.545 e. The summed E-state index contributed by atoms with van der Waals surface area (Å²) < 4.78 is 0. The van der Waals surface area contributed by atoms with E-state index in [-0.39, 0.29) is 108 Å². The summed E-state index contributed by atoms with van der Waals surface area (Å²) in [5.41, 5.74) is 0.134. The molecular formula is C17H10K2N2O5. The van der Waals surface area contributed by atoms with Gasteiger partial charge in [-0.05, 0) is 47.5 Å². The third-order valence-electron chi connectivity index (χ3n) is 2.95. The van der Waals surface area contributed by atoms with Crippen molar-refractivity contribution in [2.45, 2.75) is 0 Å². The molecule has 2 N–H and O–H groups in total. The fraction of sp³-hybridized carbons (Fsp3) is 0. The van der Waals surface area contributed by atoms with Gasteiger partial charge in [0.1, 0.15) is 0 Å². The number of urea groups is 1. The van der Waals surface area contributed by atoms with E-state index in [9.17, 15) is 24.6 Å². The van der Waals surface area contributed by atoms with Gasteiger partial charge < -0.3 is 30.4 Å². The molecule has 0 bridgehead atoms. The number of hydrogen-bond acceptors (Lipinski definition) is 5. The SMILES string of the molecule is C#Cc1cccc(NC(=O)Nc2cc(C(=O)[O-])cc(C(=O)[O-])c2)c1.[K+].[K+]. The third kappa shape index (κ3) is 7.61. The van der Waals surface area contributed by atoms with Gasteiger partial charge in [-0.2, -0.15) is 0 Å². The molecule has 0 saturated carbocycles. The molecule has 0 atom stereocenters. The maximum atomic E-state index is 11.9. The van der Waals surface area contributed by atoms with E-state index in [0.29, 0.717) is 11.3 Å². The van der Waals surface area contributed by atoms with E-state index in [1.54, 1.807) is 24.3 Å². The molecule has 0 spiro atoms. The quantitative estimate of drug-likeness (QED) is 0.391. The first kappa shape index (κ1) is 25.5. The first-order valence-electron chi connectivity index (χ1n) is 6.61. The second kappa shape index (κ2) is 12.0. The summed E-state index contributed by atoms with van der Waals surface area (Å²) in [5, 5.41) is 26.6. The number of carboxylic acids is 2. The molecule has 120 valence electrons. The molecule has 0 aliphatic carbocycles. The molecule has 0 aromatic heterocycles. The largest absolute Gasteiger partial charge is 1.00 e. The molecule has 2 aromatic carbocycles. The first-order valence-corrected chi connectivity index (χ1v) is 6.61. The van der Waals surface area contributed by atoms with Crippen LogP contribution in [0, 0.1) is 12.3 Å². The second-order valence-corrected chi connectivity index (χ2v) is 4.68. The van der Waals surface area contributed by atoms with Crippen LogP contribution >= 0.6 is 0 Å². The van der Waals surface area contributed by atoms with E-state index in [1.165, 1.54) is 0 Å². The zero-order chi connectivity index (χ0) is 17.7. The van der Waals surface area contributed by atoms with Crippen LogP contribution in [0.15, 0.2) is 42.5 Å². The molecule has 26 heavy (non-hydrogen) atoms. The molecule has 7 nitrogen and oxygen atoms in total. The molecule has 2 aromatic rings. The predicted octanol–water partition coefficient (Wildman–Crippen LogP) is -5.95. The summed E-state index contributed by atoms with van der Waals surface area (Å²) >= 11 is 0. The summed E-state index contributed by atoms with van der Waals surface area (Å²) in [6.45, 7) is 0. The zero-order valence-corrected chi connectivity index (χ0v) is 20.4. The average Bonchev–Trinajstić information content (AvgIpc) is 2.54. The van der Waals surface area contributed by atoms with Crippen molar-refractivity contribution in [1.29, 1.82) is 0 Å². The fourth-order valence-corrected chi connectivity index (χ4v) is 1.92. The van der Waals surface area contributed by atoms with E-state index in [0.717, 1.165) is 18.2 Å². The van der Waals surface area contributed by atoms with Crippen molar-refractivity contribution in [2.24, 2.45) is 0 Å². The van der Waals surface area contributed by atoms with Gasteiger partial charge in [-0.1, -0.05) is 12.0 Å². The van der Waals surface area contributed by atoms with E-state index in [1.807, 2.05) is 0 Å². The van der Waals surface area contributed by atoms with E-state index >= 15 is 0 Å². The maximum absolute atomic E-state index is 11.9. The summed E-state index contributed by atoms with van der Waals surface area (Å²) in [6.07, 6.45) is 5.26. The summed E-state index contributed by atoms with van der Waals surface area (Å²) in [6, 6.07) is 8.80. The van der Waals surface area contributed by atoms with Crippen molar-refractivity contribution in [3.63, 3.8) is 0 Å². The average molecular weight is 400 g/mol. The Morgan fingerprint density at radius 3 is 1.88 bits per heavy atom. The molecule has 0 heterocycles. The Hall–Kier alpha value is -0.517. The number of anilines is 2. The molecule has 9 heteroatoms. The number of rotatable bonds is 4. The number of amides is 2. The molecule has 0 radical (unpaired) electrons. The van der Waals surface area contributed by atoms with Crippen molar-refractivity contribution >= 4 is 29.3 Å². The van der Waals surface area contributed by atoms with Gasteiger partial charge in [0.05, 0.1) is 11.9 Å². The van der Waals surface area contributed by atoms with Crippen LogP contribution in [0.3, 0.4) is 0 Å². The fourth-order valence-electron chi connectivity index (χ4n) is 1.92. The Kier molecular flexibility index (Phi) is 11.8. The van der Waals surface area contributed by atoms with Crippen LogP contribution in [0.5, 0.6) is 0 Å². The van der Waals surface area contributed by atoms with Crippen molar-refractivity contribution in [3.8, 4) is 12.3 Å². The molecule has 2 amide bonds. The minimum absolute atomic E-state index is 0. The van der Waals surface area contributed by atoms with E-state index in [2.05, 4.69) is 16.6 Å². The molecule has 0 unspecified atom stereocenters. The number of terminal acetylenes is 1. The minimum Gasteiger partial charge on any atom is -0.545 e. The molecule has 0 saturated heterocycles. The predicted molar refractivity (Wildman–Crippen MR) is 82.1 cm³/mol. The first-order chi connectivity index (χ1) is 11.4. The van der Waals surface area contributed by atoms with Gasteiger partial charge in [0.15, 0.2) is 0 Å². The van der Waals surface area contributed by atoms with E-state index < -0.39 is 29.1 Å². The summed E-state index contributed by atoms with van der Waals surface area (Å²) in [7, 11) is 0. The van der Waals surface area contributed by atoms with Crippen molar-refractivity contribution in [3.05, 3.63) is 59.2 Å². The van der Waals surface area contributed by atoms with Crippen LogP contribution in [0.25, 0.3) is 0 Å². The van der Waals surface area contributed by atoms with Crippen LogP contribution in [0.4, 0.5) is 16.2 Å². The topological polar surface area (TPSA) is 121 Å². The Labute approximate surface area is 234 Å². The van der Waals surface area contributed by atoms with Gasteiger partial charge in [-0.3, -0.25) is 0 Å². The van der Waals surface area contributed by atoms with Gasteiger partial charge in [0.2, 0.25) is 0 Å². The van der Waals surface area contributed by atoms with Crippen LogP contribution < -0.4 is 124 Å². The molecule has 0 aliphatic heterocycles. The third-order valence-corrected chi connectivity index (χ3v) is 2.95. The zero-order valence-electron chi connectivity index (χ0n) is 14.2. The van der Waals surface area contributed by atoms with Crippen molar-refractivity contribution in [2.75, 3.05) is 10.6 Å². The van der Waals surface area contributed by atoms with Crippen LogP contribution in [0.1, 0.15) is 26.3 Å². The number of carbonyl (C=O) groups is 3. The molecule has 2 rings (SSSR count). The van der Waals surface area contributed by atoms with Gasteiger partial charge in [-0.15, -0.1) is 6.42 Å². The molecular weight excluding hydrogens is 390 g/mol. The Morgan fingerprint density at radius 2 is 1.38 bits per heavy atom. The molecule has 0 fully saturated rings. The van der Waals surface area contributed by atoms with E-state index in [4.69, 9.17) is 6.42 Å². The monoisotopic (exact) mass is 400 g/mol. The Bertz CT molecular complexity index is 845. The number of benzene rings is 2. The number of aromatic carboxylic acids is 2. The number of carbonyl (C=O) groups excluding carboxylic acids is 3. The van der Waals surface area contributed by atoms with Gasteiger partial charge in [0, 0.05) is 16.9 Å². The number of hydrogen-bond donors (Lipinski definition) is 2. The van der Waals surface area contributed by atoms with Gasteiger partial charge in [0.25, 0.3) is 0 Å². The second-order valence-electron chi connectivity index (χ2n) is 4.68. The van der Waals surface area contributed by atoms with Crippen molar-refractivity contribution < 1.29 is 127 Å². The number of carboxylic acid groups (broad SMARTS) is 2. The standard InChI is InChI=1S/C17H12N2O5.2K/c1-2-10-4-3-5-13(6-10)18-17(24)19-14-8-11(15(20)21)7-12(9-14)16(22)23;;/h1,3-9H,(H,20,21)(H,22,23)(H2,18,19,24);;/q;2*+1/p-2. The van der Waals surface area contributed by atoms with Crippen LogP contribution in [0.2, 0.25) is 0 Å². The summed E-state index contributed by atoms with van der Waals surface area (Å²) in [5.74, 6) is -0.747. The van der Waals surface area contributed by atoms with Crippen LogP contribution in [-0.4, -0.2) is 18.0 Å². The molecule has 0 aliphatic rings. The Balaban J connectivity index is 0.00000312. The van der Waals surface area contributed by atoms with Crippen molar-refractivity contribution in [1.82, 2.24) is 0 Å². The maximum Gasteiger partial charge on any atom is 1.00 e. The van der Waals surface area contributed by atoms with Crippen LogP contribution in [-0.2, 0) is 0 Å². The Morgan fingerprint density at radius 1 is 0.846 bits per heavy atom. The number of nitrogens with one attached hydrogen (secondary N) is 2. The van der Waals surface area contributed by atoms with Gasteiger partial charge >= 0.3 is 109 Å². The van der Waals surface area contributed by atoms with Gasteiger partial charge in [-0.25, -0.2) is 4.79 Å². The summed E-state index contributed by atoms with van der Waals surface area (Å²) in [4.78, 5) is 33.8. The minimum atomic E-state index is -1.58.